The molecular formula is C22H29NO4. The minimum atomic E-state index is -0.748. The van der Waals surface area contributed by atoms with E-state index in [4.69, 9.17) is 5.11 Å². The molecule has 27 heavy (non-hydrogen) atoms. The third-order valence-corrected chi connectivity index (χ3v) is 4.81. The van der Waals surface area contributed by atoms with Gasteiger partial charge in [-0.25, -0.2) is 0 Å². The topological polar surface area (TPSA) is 74.7 Å². The number of carbonyl (C=O) groups excluding carboxylic acids is 2. The van der Waals surface area contributed by atoms with Gasteiger partial charge in [0.05, 0.1) is 6.54 Å². The van der Waals surface area contributed by atoms with Crippen LogP contribution >= 0.6 is 0 Å². The van der Waals surface area contributed by atoms with Gasteiger partial charge in [-0.3, -0.25) is 14.4 Å². The molecule has 5 nitrogen and oxygen atoms in total. The van der Waals surface area contributed by atoms with Gasteiger partial charge in [-0.1, -0.05) is 49.2 Å². The first-order valence-corrected chi connectivity index (χ1v) is 9.77. The Balaban J connectivity index is 1.74. The summed E-state index contributed by atoms with van der Waals surface area (Å²) in [6, 6.07) is 9.75. The third kappa shape index (κ3) is 8.20. The van der Waals surface area contributed by atoms with E-state index in [1.807, 2.05) is 36.4 Å². The molecule has 0 spiro atoms. The average Bonchev–Trinajstić information content (AvgIpc) is 2.64. The van der Waals surface area contributed by atoms with E-state index < -0.39 is 5.97 Å². The maximum atomic E-state index is 12.3. The molecular weight excluding hydrogens is 342 g/mol. The van der Waals surface area contributed by atoms with Crippen LogP contribution in [0.3, 0.4) is 0 Å². The van der Waals surface area contributed by atoms with Gasteiger partial charge in [-0.2, -0.15) is 0 Å². The number of allylic oxidation sites excluding steroid dienone is 2. The predicted molar refractivity (Wildman–Crippen MR) is 104 cm³/mol. The van der Waals surface area contributed by atoms with Crippen LogP contribution < -0.4 is 0 Å². The molecule has 1 N–H and O–H groups in total. The van der Waals surface area contributed by atoms with Crippen LogP contribution in [0.15, 0.2) is 42.1 Å². The Hall–Kier alpha value is -2.43. The molecule has 0 radical (unpaired) electrons. The molecule has 1 aromatic carbocycles. The molecule has 0 amide bonds. The number of unbranched alkanes of at least 4 members (excludes halogenated alkanes) is 3. The Morgan fingerprint density at radius 1 is 1.00 bits per heavy atom. The highest BCUT2D eigenvalue weighted by atomic mass is 16.4. The molecule has 0 unspecified atom stereocenters. The molecule has 0 fully saturated rings. The van der Waals surface area contributed by atoms with Crippen LogP contribution in [-0.4, -0.2) is 40.6 Å². The molecule has 0 atom stereocenters. The monoisotopic (exact) mass is 371 g/mol. The maximum absolute atomic E-state index is 12.3. The van der Waals surface area contributed by atoms with Gasteiger partial charge in [0, 0.05) is 37.9 Å². The maximum Gasteiger partial charge on any atom is 0.303 e. The molecule has 0 bridgehead atoms. The number of hydrogen-bond acceptors (Lipinski definition) is 4. The highest BCUT2D eigenvalue weighted by Crippen LogP contribution is 2.20. The summed E-state index contributed by atoms with van der Waals surface area (Å²) in [6.45, 7) is 1.21. The number of nitrogens with zero attached hydrogens (tertiary/aromatic N) is 1. The summed E-state index contributed by atoms with van der Waals surface area (Å²) in [5, 5.41) is 8.65. The van der Waals surface area contributed by atoms with Crippen LogP contribution in [-0.2, 0) is 20.8 Å². The van der Waals surface area contributed by atoms with Gasteiger partial charge in [-0.15, -0.1) is 0 Å². The lowest BCUT2D eigenvalue weighted by Crippen LogP contribution is -2.33. The van der Waals surface area contributed by atoms with Crippen molar-refractivity contribution in [3.05, 3.63) is 47.7 Å². The van der Waals surface area contributed by atoms with Gasteiger partial charge in [0.1, 0.15) is 5.78 Å². The Morgan fingerprint density at radius 3 is 2.48 bits per heavy atom. The number of ketones is 2. The van der Waals surface area contributed by atoms with Crippen LogP contribution in [0.25, 0.3) is 0 Å². The zero-order valence-corrected chi connectivity index (χ0v) is 15.9. The summed E-state index contributed by atoms with van der Waals surface area (Å²) < 4.78 is 0. The van der Waals surface area contributed by atoms with Crippen LogP contribution in [0.5, 0.6) is 0 Å². The van der Waals surface area contributed by atoms with Crippen LogP contribution in [0.2, 0.25) is 0 Å². The van der Waals surface area contributed by atoms with E-state index in [9.17, 15) is 14.4 Å². The van der Waals surface area contributed by atoms with Gasteiger partial charge < -0.3 is 10.0 Å². The van der Waals surface area contributed by atoms with Gasteiger partial charge in [0.15, 0.2) is 5.78 Å². The molecule has 0 aromatic heterocycles. The van der Waals surface area contributed by atoms with Gasteiger partial charge in [0.25, 0.3) is 0 Å². The van der Waals surface area contributed by atoms with Crippen molar-refractivity contribution in [3.63, 3.8) is 0 Å². The number of carboxylic acid groups (broad SMARTS) is 1. The first-order chi connectivity index (χ1) is 13.0. The van der Waals surface area contributed by atoms with Crippen molar-refractivity contribution in [2.75, 3.05) is 13.1 Å². The van der Waals surface area contributed by atoms with Crippen LogP contribution in [0.1, 0.15) is 56.9 Å². The predicted octanol–water partition coefficient (Wildman–Crippen LogP) is 3.77. The lowest BCUT2D eigenvalue weighted by Gasteiger charge is -2.30. The molecule has 2 rings (SSSR count). The van der Waals surface area contributed by atoms with E-state index in [1.165, 1.54) is 0 Å². The molecule has 146 valence electrons. The Labute approximate surface area is 161 Å². The number of carboxylic acids is 1. The smallest absolute Gasteiger partial charge is 0.303 e. The second kappa shape index (κ2) is 11.3. The van der Waals surface area contributed by atoms with Gasteiger partial charge >= 0.3 is 5.97 Å². The van der Waals surface area contributed by atoms with Crippen molar-refractivity contribution < 1.29 is 19.5 Å². The summed E-state index contributed by atoms with van der Waals surface area (Å²) >= 11 is 0. The number of aliphatic carboxylic acids is 1. The fourth-order valence-corrected chi connectivity index (χ4v) is 3.33. The minimum Gasteiger partial charge on any atom is -0.481 e. The lowest BCUT2D eigenvalue weighted by atomic mass is 10.0. The zero-order valence-electron chi connectivity index (χ0n) is 15.9. The average molecular weight is 371 g/mol. The molecule has 0 saturated heterocycles. The van der Waals surface area contributed by atoms with E-state index >= 15 is 0 Å². The normalized spacial score (nSPS) is 14.1. The van der Waals surface area contributed by atoms with E-state index in [0.717, 1.165) is 37.1 Å². The van der Waals surface area contributed by atoms with Gasteiger partial charge in [0.2, 0.25) is 0 Å². The molecule has 1 aromatic rings. The Morgan fingerprint density at radius 2 is 1.74 bits per heavy atom. The number of hydrogen-bond donors (Lipinski definition) is 1. The van der Waals surface area contributed by atoms with Crippen molar-refractivity contribution >= 4 is 17.5 Å². The molecule has 0 aliphatic carbocycles. The van der Waals surface area contributed by atoms with E-state index in [0.29, 0.717) is 38.6 Å². The molecule has 0 saturated carbocycles. The number of benzene rings is 1. The fraction of sp³-hybridized carbons (Fsp3) is 0.500. The molecule has 1 aliphatic heterocycles. The lowest BCUT2D eigenvalue weighted by molar-refractivity contribution is -0.137. The minimum absolute atomic E-state index is 0.209. The van der Waals surface area contributed by atoms with Crippen molar-refractivity contribution in [2.45, 2.75) is 57.8 Å². The quantitative estimate of drug-likeness (QED) is 0.566. The highest BCUT2D eigenvalue weighted by Gasteiger charge is 2.19. The SMILES string of the molecule is O=C(O)CCCCCCN1CC(=O)CC=C1CCC(=O)Cc1ccccc1. The summed E-state index contributed by atoms with van der Waals surface area (Å²) in [5.41, 5.74) is 2.13. The number of Topliss-reactive ketones (excluding diaryl/α,β-unsaturated/α-hetero) is 2. The standard InChI is InChI=1S/C22H29NO4/c24-20(16-18-8-4-3-5-9-18)13-11-19-12-14-21(25)17-23(19)15-7-2-1-6-10-22(26)27/h3-5,8-9,12H,1-2,6-7,10-11,13-17H2,(H,26,27). The van der Waals surface area contributed by atoms with E-state index in [-0.39, 0.29) is 18.0 Å². The van der Waals surface area contributed by atoms with E-state index in [1.54, 1.807) is 0 Å². The highest BCUT2D eigenvalue weighted by molar-refractivity contribution is 5.84. The summed E-state index contributed by atoms with van der Waals surface area (Å²) in [5.74, 6) is -0.324. The van der Waals surface area contributed by atoms with Crippen molar-refractivity contribution in [3.8, 4) is 0 Å². The first-order valence-electron chi connectivity index (χ1n) is 9.77. The molecule has 1 aliphatic rings. The zero-order chi connectivity index (χ0) is 19.5. The molecule has 1 heterocycles. The number of carbonyl (C=O) groups is 3. The Bertz CT molecular complexity index is 666. The largest absolute Gasteiger partial charge is 0.481 e. The fourth-order valence-electron chi connectivity index (χ4n) is 3.33. The Kier molecular flexibility index (Phi) is 8.75. The van der Waals surface area contributed by atoms with Gasteiger partial charge in [-0.05, 0) is 24.8 Å². The number of rotatable bonds is 12. The van der Waals surface area contributed by atoms with Crippen molar-refractivity contribution in [2.24, 2.45) is 0 Å². The summed E-state index contributed by atoms with van der Waals surface area (Å²) in [7, 11) is 0. The second-order valence-electron chi connectivity index (χ2n) is 7.12. The second-order valence-corrected chi connectivity index (χ2v) is 7.12. The van der Waals surface area contributed by atoms with Crippen LogP contribution in [0.4, 0.5) is 0 Å². The summed E-state index contributed by atoms with van der Waals surface area (Å²) in [6.07, 6.45) is 7.74. The van der Waals surface area contributed by atoms with Crippen molar-refractivity contribution in [1.82, 2.24) is 4.90 Å². The molecule has 5 heteroatoms. The third-order valence-electron chi connectivity index (χ3n) is 4.81. The first kappa shape index (κ1) is 20.9. The van der Waals surface area contributed by atoms with Crippen LogP contribution in [0, 0.1) is 0 Å². The summed E-state index contributed by atoms with van der Waals surface area (Å²) in [4.78, 5) is 36.7. The van der Waals surface area contributed by atoms with E-state index in [2.05, 4.69) is 4.90 Å². The van der Waals surface area contributed by atoms with Crippen molar-refractivity contribution in [1.29, 1.82) is 0 Å².